The van der Waals surface area contributed by atoms with Crippen LogP contribution in [0, 0.1) is 23.7 Å². The van der Waals surface area contributed by atoms with Crippen LogP contribution in [0.5, 0.6) is 0 Å². The summed E-state index contributed by atoms with van der Waals surface area (Å²) in [5, 5.41) is 11.4. The molecule has 3 heterocycles. The van der Waals surface area contributed by atoms with Gasteiger partial charge in [-0.15, -0.1) is 0 Å². The van der Waals surface area contributed by atoms with E-state index in [0.717, 1.165) is 6.42 Å². The molecule has 4 aliphatic rings. The van der Waals surface area contributed by atoms with Crippen LogP contribution >= 0.6 is 0 Å². The highest BCUT2D eigenvalue weighted by Gasteiger charge is 2.73. The van der Waals surface area contributed by atoms with Crippen LogP contribution in [0.25, 0.3) is 0 Å². The minimum absolute atomic E-state index is 0.0843. The summed E-state index contributed by atoms with van der Waals surface area (Å²) >= 11 is 0. The van der Waals surface area contributed by atoms with E-state index in [1.165, 1.54) is 13.8 Å². The highest BCUT2D eigenvalue weighted by molar-refractivity contribution is 5.67. The first-order valence-electron chi connectivity index (χ1n) is 11.7. The molecule has 3 saturated heterocycles. The van der Waals surface area contributed by atoms with E-state index < -0.39 is 23.3 Å². The molecule has 10 atom stereocenters. The van der Waals surface area contributed by atoms with Gasteiger partial charge >= 0.3 is 11.9 Å². The smallest absolute Gasteiger partial charge is 0.303 e. The number of aliphatic hydroxyl groups is 1. The van der Waals surface area contributed by atoms with Crippen molar-refractivity contribution in [2.75, 3.05) is 0 Å². The van der Waals surface area contributed by atoms with Crippen LogP contribution in [0.2, 0.25) is 0 Å². The predicted octanol–water partition coefficient (Wildman–Crippen LogP) is 3.01. The molecular formula is C24H38O7. The molecule has 10 unspecified atom stereocenters. The topological polar surface area (TPSA) is 94.6 Å². The lowest BCUT2D eigenvalue weighted by molar-refractivity contribution is -0.180. The predicted molar refractivity (Wildman–Crippen MR) is 112 cm³/mol. The number of hydrogen-bond donors (Lipinski definition) is 1. The highest BCUT2D eigenvalue weighted by atomic mass is 16.6. The van der Waals surface area contributed by atoms with Crippen LogP contribution in [0.3, 0.4) is 0 Å². The lowest BCUT2D eigenvalue weighted by atomic mass is 9.58. The first-order valence-corrected chi connectivity index (χ1v) is 11.7. The standard InChI is InChI=1S/C24H38O7/c1-12(2)15-10-18-24(7,31-18)20-16-11-22(5,27)17(28-13(3)25)8-9-23(6,30-14(4)26)21(29-16)19(15)20/h12,15-21,27H,8-11H2,1-7H3. The summed E-state index contributed by atoms with van der Waals surface area (Å²) in [7, 11) is 0. The number of epoxide rings is 1. The quantitative estimate of drug-likeness (QED) is 0.535. The molecule has 1 N–H and O–H groups in total. The fourth-order valence-corrected chi connectivity index (χ4v) is 6.97. The van der Waals surface area contributed by atoms with E-state index in [4.69, 9.17) is 18.9 Å². The minimum Gasteiger partial charge on any atom is -0.460 e. The van der Waals surface area contributed by atoms with Crippen molar-refractivity contribution in [3.05, 3.63) is 0 Å². The number of fused-ring (bicyclic) bond motifs is 7. The van der Waals surface area contributed by atoms with Gasteiger partial charge in [-0.05, 0) is 51.9 Å². The van der Waals surface area contributed by atoms with Crippen LogP contribution in [-0.2, 0) is 28.5 Å². The Morgan fingerprint density at radius 1 is 1.13 bits per heavy atom. The largest absolute Gasteiger partial charge is 0.460 e. The van der Waals surface area contributed by atoms with Crippen LogP contribution in [-0.4, -0.2) is 58.3 Å². The molecule has 4 fully saturated rings. The first-order chi connectivity index (χ1) is 14.3. The number of rotatable bonds is 3. The van der Waals surface area contributed by atoms with Crippen LogP contribution in [0.1, 0.15) is 74.1 Å². The molecule has 0 radical (unpaired) electrons. The zero-order valence-corrected chi connectivity index (χ0v) is 19.8. The first kappa shape index (κ1) is 23.0. The van der Waals surface area contributed by atoms with Crippen molar-refractivity contribution in [2.45, 2.75) is 115 Å². The van der Waals surface area contributed by atoms with Crippen molar-refractivity contribution in [2.24, 2.45) is 23.7 Å². The second-order valence-electron chi connectivity index (χ2n) is 11.2. The highest BCUT2D eigenvalue weighted by Crippen LogP contribution is 2.64. The van der Waals surface area contributed by atoms with Crippen molar-refractivity contribution in [1.29, 1.82) is 0 Å². The molecule has 2 bridgehead atoms. The summed E-state index contributed by atoms with van der Waals surface area (Å²) in [6.07, 6.45) is 1.08. The summed E-state index contributed by atoms with van der Waals surface area (Å²) in [6.45, 7) is 13.0. The SMILES string of the molecule is CC(=O)OC1CCC(C)(OC(C)=O)C2OC(CC1(C)O)C1C2C(C(C)C)CC2OC21C. The van der Waals surface area contributed by atoms with E-state index in [2.05, 4.69) is 20.8 Å². The molecule has 0 aromatic rings. The van der Waals surface area contributed by atoms with E-state index in [1.54, 1.807) is 6.92 Å². The zero-order chi connectivity index (χ0) is 22.9. The average molecular weight is 439 g/mol. The van der Waals surface area contributed by atoms with Gasteiger partial charge in [0.05, 0.1) is 17.8 Å². The van der Waals surface area contributed by atoms with E-state index in [0.29, 0.717) is 31.1 Å². The maximum absolute atomic E-state index is 12.1. The Balaban J connectivity index is 1.78. The third kappa shape index (κ3) is 3.80. The summed E-state index contributed by atoms with van der Waals surface area (Å²) in [5.74, 6) is 0.275. The normalized spacial score (nSPS) is 51.1. The van der Waals surface area contributed by atoms with Gasteiger partial charge in [0.1, 0.15) is 23.4 Å². The van der Waals surface area contributed by atoms with Gasteiger partial charge in [0, 0.05) is 32.1 Å². The van der Waals surface area contributed by atoms with Gasteiger partial charge in [-0.2, -0.15) is 0 Å². The molecule has 3 aliphatic heterocycles. The Kier molecular flexibility index (Phi) is 5.51. The molecule has 1 aliphatic carbocycles. The minimum atomic E-state index is -1.26. The molecular weight excluding hydrogens is 400 g/mol. The summed E-state index contributed by atoms with van der Waals surface area (Å²) < 4.78 is 24.5. The monoisotopic (exact) mass is 438 g/mol. The van der Waals surface area contributed by atoms with Gasteiger partial charge in [-0.25, -0.2) is 0 Å². The van der Waals surface area contributed by atoms with Gasteiger partial charge in [-0.1, -0.05) is 13.8 Å². The Morgan fingerprint density at radius 2 is 1.81 bits per heavy atom. The Labute approximate surface area is 185 Å². The molecule has 0 aromatic heterocycles. The maximum Gasteiger partial charge on any atom is 0.303 e. The molecule has 176 valence electrons. The van der Waals surface area contributed by atoms with Crippen LogP contribution in [0.4, 0.5) is 0 Å². The van der Waals surface area contributed by atoms with Gasteiger partial charge in [0.15, 0.2) is 0 Å². The van der Waals surface area contributed by atoms with E-state index >= 15 is 0 Å². The van der Waals surface area contributed by atoms with Crippen molar-refractivity contribution >= 4 is 11.9 Å². The second kappa shape index (κ2) is 7.42. The molecule has 0 spiro atoms. The Hall–Kier alpha value is -1.18. The molecule has 7 nitrogen and oxygen atoms in total. The fourth-order valence-electron chi connectivity index (χ4n) is 6.97. The van der Waals surface area contributed by atoms with E-state index in [-0.39, 0.29) is 41.7 Å². The molecule has 0 aromatic carbocycles. The molecule has 0 amide bonds. The van der Waals surface area contributed by atoms with Gasteiger partial charge < -0.3 is 24.1 Å². The van der Waals surface area contributed by atoms with Crippen molar-refractivity contribution < 1.29 is 33.6 Å². The number of ether oxygens (including phenoxy) is 4. The Bertz CT molecular complexity index is 748. The van der Waals surface area contributed by atoms with E-state index in [1.807, 2.05) is 6.92 Å². The zero-order valence-electron chi connectivity index (χ0n) is 19.8. The molecule has 4 rings (SSSR count). The van der Waals surface area contributed by atoms with Crippen LogP contribution in [0.15, 0.2) is 0 Å². The van der Waals surface area contributed by atoms with Crippen molar-refractivity contribution in [1.82, 2.24) is 0 Å². The lowest BCUT2D eigenvalue weighted by Gasteiger charge is -2.45. The Morgan fingerprint density at radius 3 is 2.39 bits per heavy atom. The molecule has 7 heteroatoms. The maximum atomic E-state index is 12.1. The third-order valence-corrected chi connectivity index (χ3v) is 8.46. The van der Waals surface area contributed by atoms with E-state index in [9.17, 15) is 14.7 Å². The second-order valence-corrected chi connectivity index (χ2v) is 11.2. The number of esters is 2. The number of carbonyl (C=O) groups excluding carboxylic acids is 2. The van der Waals surface area contributed by atoms with Crippen molar-refractivity contribution in [3.63, 3.8) is 0 Å². The van der Waals surface area contributed by atoms with Crippen molar-refractivity contribution in [3.8, 4) is 0 Å². The van der Waals surface area contributed by atoms with Gasteiger partial charge in [0.2, 0.25) is 0 Å². The number of carbonyl (C=O) groups is 2. The molecule has 1 saturated carbocycles. The molecule has 31 heavy (non-hydrogen) atoms. The lowest BCUT2D eigenvalue weighted by Crippen LogP contribution is -2.54. The summed E-state index contributed by atoms with van der Waals surface area (Å²) in [4.78, 5) is 23.9. The van der Waals surface area contributed by atoms with Gasteiger partial charge in [0.25, 0.3) is 0 Å². The fraction of sp³-hybridized carbons (Fsp3) is 0.917. The third-order valence-electron chi connectivity index (χ3n) is 8.46. The van der Waals surface area contributed by atoms with Crippen LogP contribution < -0.4 is 0 Å². The number of hydrogen-bond acceptors (Lipinski definition) is 7. The average Bonchev–Trinajstić information content (AvgIpc) is 3.13. The summed E-state index contributed by atoms with van der Waals surface area (Å²) in [6, 6.07) is 0. The summed E-state index contributed by atoms with van der Waals surface area (Å²) in [5.41, 5.74) is -2.44. The van der Waals surface area contributed by atoms with Gasteiger partial charge in [-0.3, -0.25) is 9.59 Å².